The van der Waals surface area contributed by atoms with Crippen LogP contribution in [-0.2, 0) is 0 Å². The first-order valence-electron chi connectivity index (χ1n) is 3.65. The van der Waals surface area contributed by atoms with Crippen LogP contribution in [0.5, 0.6) is 0 Å². The molecule has 64 valence electrons. The van der Waals surface area contributed by atoms with Crippen molar-refractivity contribution in [2.45, 2.75) is 0 Å². The van der Waals surface area contributed by atoms with Gasteiger partial charge in [0.25, 0.3) is 0 Å². The molecule has 1 heterocycles. The molecule has 0 unspecified atom stereocenters. The van der Waals surface area contributed by atoms with Gasteiger partial charge in [0.05, 0.1) is 6.54 Å². The fraction of sp³-hybridized carbons (Fsp3) is 0.222. The minimum atomic E-state index is 0.342. The molecule has 4 heteroatoms. The SMILES string of the molecule is C#CCN(C)c1nccc(C#N)n1. The first-order chi connectivity index (χ1) is 6.27. The first-order valence-corrected chi connectivity index (χ1v) is 3.65. The largest absolute Gasteiger partial charge is 0.333 e. The van der Waals surface area contributed by atoms with Gasteiger partial charge in [-0.1, -0.05) is 5.92 Å². The lowest BCUT2D eigenvalue weighted by atomic mass is 10.4. The monoisotopic (exact) mass is 172 g/mol. The quantitative estimate of drug-likeness (QED) is 0.606. The summed E-state index contributed by atoms with van der Waals surface area (Å²) in [6.07, 6.45) is 6.66. The molecule has 1 aromatic heterocycles. The predicted octanol–water partition coefficient (Wildman–Crippen LogP) is 0.418. The fourth-order valence-corrected chi connectivity index (χ4v) is 0.802. The third-order valence-corrected chi connectivity index (χ3v) is 1.43. The van der Waals surface area contributed by atoms with Crippen LogP contribution in [0.15, 0.2) is 12.3 Å². The van der Waals surface area contributed by atoms with Crippen molar-refractivity contribution in [3.63, 3.8) is 0 Å². The minimum Gasteiger partial charge on any atom is -0.333 e. The standard InChI is InChI=1S/C9H8N4/c1-3-6-13(2)9-11-5-4-8(7-10)12-9/h1,4-5H,6H2,2H3. The van der Waals surface area contributed by atoms with Gasteiger partial charge < -0.3 is 4.90 Å². The third-order valence-electron chi connectivity index (χ3n) is 1.43. The van der Waals surface area contributed by atoms with Gasteiger partial charge in [0.2, 0.25) is 5.95 Å². The average Bonchev–Trinajstić information content (AvgIpc) is 2.18. The summed E-state index contributed by atoms with van der Waals surface area (Å²) in [7, 11) is 1.77. The maximum atomic E-state index is 8.57. The average molecular weight is 172 g/mol. The molecule has 0 aliphatic carbocycles. The third kappa shape index (κ3) is 2.18. The number of hydrogen-bond acceptors (Lipinski definition) is 4. The summed E-state index contributed by atoms with van der Waals surface area (Å²) < 4.78 is 0. The van der Waals surface area contributed by atoms with E-state index in [4.69, 9.17) is 11.7 Å². The fourth-order valence-electron chi connectivity index (χ4n) is 0.802. The second-order valence-electron chi connectivity index (χ2n) is 2.41. The Labute approximate surface area is 76.8 Å². The number of terminal acetylenes is 1. The molecule has 0 atom stereocenters. The number of aromatic nitrogens is 2. The van der Waals surface area contributed by atoms with Crippen LogP contribution in [0.25, 0.3) is 0 Å². The van der Waals surface area contributed by atoms with E-state index in [-0.39, 0.29) is 0 Å². The molecule has 0 spiro atoms. The molecule has 0 saturated carbocycles. The Bertz CT molecular complexity index is 372. The molecular weight excluding hydrogens is 164 g/mol. The molecule has 0 radical (unpaired) electrons. The predicted molar refractivity (Wildman–Crippen MR) is 48.9 cm³/mol. The normalized spacial score (nSPS) is 8.54. The van der Waals surface area contributed by atoms with Crippen LogP contribution in [-0.4, -0.2) is 23.6 Å². The van der Waals surface area contributed by atoms with Crippen molar-refractivity contribution < 1.29 is 0 Å². The Hall–Kier alpha value is -2.07. The number of rotatable bonds is 2. The van der Waals surface area contributed by atoms with Crippen molar-refractivity contribution >= 4 is 5.95 Å². The first kappa shape index (κ1) is 9.02. The Kier molecular flexibility index (Phi) is 2.83. The molecule has 1 aromatic rings. The summed E-state index contributed by atoms with van der Waals surface area (Å²) in [5, 5.41) is 8.57. The highest BCUT2D eigenvalue weighted by molar-refractivity contribution is 5.33. The lowest BCUT2D eigenvalue weighted by molar-refractivity contribution is 0.947. The Morgan fingerprint density at radius 3 is 3.08 bits per heavy atom. The van der Waals surface area contributed by atoms with E-state index in [0.29, 0.717) is 18.2 Å². The number of nitrogens with zero attached hydrogens (tertiary/aromatic N) is 4. The van der Waals surface area contributed by atoms with Gasteiger partial charge in [0.15, 0.2) is 0 Å². The molecule has 0 amide bonds. The molecule has 1 rings (SSSR count). The smallest absolute Gasteiger partial charge is 0.227 e. The van der Waals surface area contributed by atoms with E-state index in [0.717, 1.165) is 0 Å². The number of anilines is 1. The molecule has 4 nitrogen and oxygen atoms in total. The highest BCUT2D eigenvalue weighted by atomic mass is 15.2. The van der Waals surface area contributed by atoms with Gasteiger partial charge in [-0.15, -0.1) is 6.42 Å². The van der Waals surface area contributed by atoms with E-state index in [1.807, 2.05) is 6.07 Å². The van der Waals surface area contributed by atoms with Crippen molar-refractivity contribution in [3.05, 3.63) is 18.0 Å². The van der Waals surface area contributed by atoms with Gasteiger partial charge in [-0.2, -0.15) is 5.26 Å². The molecule has 0 N–H and O–H groups in total. The van der Waals surface area contributed by atoms with Crippen LogP contribution in [0.3, 0.4) is 0 Å². The zero-order valence-electron chi connectivity index (χ0n) is 7.23. The minimum absolute atomic E-state index is 0.342. The molecule has 0 aliphatic heterocycles. The van der Waals surface area contributed by atoms with Gasteiger partial charge in [-0.3, -0.25) is 0 Å². The summed E-state index contributed by atoms with van der Waals surface area (Å²) in [5.74, 6) is 2.94. The van der Waals surface area contributed by atoms with Crippen LogP contribution in [0.1, 0.15) is 5.69 Å². The van der Waals surface area contributed by atoms with Gasteiger partial charge >= 0.3 is 0 Å². The van der Waals surface area contributed by atoms with Crippen molar-refractivity contribution in [2.75, 3.05) is 18.5 Å². The maximum absolute atomic E-state index is 8.57. The second-order valence-corrected chi connectivity index (χ2v) is 2.41. The maximum Gasteiger partial charge on any atom is 0.227 e. The molecule has 0 aromatic carbocycles. The molecule has 0 bridgehead atoms. The van der Waals surface area contributed by atoms with Crippen molar-refractivity contribution in [2.24, 2.45) is 0 Å². The van der Waals surface area contributed by atoms with E-state index in [1.54, 1.807) is 18.0 Å². The molecule has 0 aliphatic rings. The zero-order chi connectivity index (χ0) is 9.68. The molecule has 0 fully saturated rings. The van der Waals surface area contributed by atoms with E-state index >= 15 is 0 Å². The highest BCUT2D eigenvalue weighted by Gasteiger charge is 2.02. The van der Waals surface area contributed by atoms with E-state index in [2.05, 4.69) is 15.9 Å². The van der Waals surface area contributed by atoms with Gasteiger partial charge in [-0.25, -0.2) is 9.97 Å². The summed E-state index contributed by atoms with van der Waals surface area (Å²) in [6.45, 7) is 0.425. The Balaban J connectivity index is 2.91. The van der Waals surface area contributed by atoms with Crippen LogP contribution in [0.2, 0.25) is 0 Å². The lowest BCUT2D eigenvalue weighted by Gasteiger charge is -2.12. The zero-order valence-corrected chi connectivity index (χ0v) is 7.23. The Morgan fingerprint density at radius 1 is 1.69 bits per heavy atom. The topological polar surface area (TPSA) is 52.8 Å². The van der Waals surface area contributed by atoms with E-state index < -0.39 is 0 Å². The van der Waals surface area contributed by atoms with Crippen LogP contribution < -0.4 is 4.90 Å². The van der Waals surface area contributed by atoms with Crippen LogP contribution in [0, 0.1) is 23.7 Å². The van der Waals surface area contributed by atoms with Crippen molar-refractivity contribution in [1.82, 2.24) is 9.97 Å². The summed E-state index contributed by atoms with van der Waals surface area (Å²) in [6, 6.07) is 3.48. The molecule has 0 saturated heterocycles. The molecule has 13 heavy (non-hydrogen) atoms. The second kappa shape index (κ2) is 4.08. The van der Waals surface area contributed by atoms with Crippen LogP contribution in [0.4, 0.5) is 5.95 Å². The summed E-state index contributed by atoms with van der Waals surface area (Å²) in [5.41, 5.74) is 0.342. The number of hydrogen-bond donors (Lipinski definition) is 0. The van der Waals surface area contributed by atoms with Crippen molar-refractivity contribution in [1.29, 1.82) is 5.26 Å². The molecular formula is C9H8N4. The van der Waals surface area contributed by atoms with Crippen molar-refractivity contribution in [3.8, 4) is 18.4 Å². The van der Waals surface area contributed by atoms with Gasteiger partial charge in [-0.05, 0) is 6.07 Å². The Morgan fingerprint density at radius 2 is 2.46 bits per heavy atom. The van der Waals surface area contributed by atoms with Crippen LogP contribution >= 0.6 is 0 Å². The summed E-state index contributed by atoms with van der Waals surface area (Å²) in [4.78, 5) is 9.64. The van der Waals surface area contributed by atoms with E-state index in [9.17, 15) is 0 Å². The van der Waals surface area contributed by atoms with Gasteiger partial charge in [0, 0.05) is 13.2 Å². The van der Waals surface area contributed by atoms with E-state index in [1.165, 1.54) is 6.20 Å². The highest BCUT2D eigenvalue weighted by Crippen LogP contribution is 2.03. The lowest BCUT2D eigenvalue weighted by Crippen LogP contribution is -2.19. The summed E-state index contributed by atoms with van der Waals surface area (Å²) >= 11 is 0. The number of nitriles is 1. The van der Waals surface area contributed by atoms with Gasteiger partial charge in [0.1, 0.15) is 11.8 Å².